The molecule has 0 unspecified atom stereocenters. The molecule has 4 aromatic rings. The third-order valence-electron chi connectivity index (χ3n) is 4.66. The van der Waals surface area contributed by atoms with Crippen molar-refractivity contribution >= 4 is 16.9 Å². The molecule has 8 heteroatoms. The number of ether oxygens (including phenoxy) is 1. The molecule has 1 aromatic carbocycles. The quantitative estimate of drug-likeness (QED) is 0.555. The average molecular weight is 395 g/mol. The predicted molar refractivity (Wildman–Crippen MR) is 104 cm³/mol. The molecule has 1 amide bonds. The molecule has 0 spiro atoms. The number of carbonyl (C=O) groups is 1. The van der Waals surface area contributed by atoms with Crippen LogP contribution in [0.5, 0.6) is 5.75 Å². The fourth-order valence-corrected chi connectivity index (χ4v) is 3.30. The number of nitrogens with one attached hydrogen (secondary N) is 1. The molecule has 0 fully saturated rings. The molecule has 1 N–H and O–H groups in total. The predicted octanol–water partition coefficient (Wildman–Crippen LogP) is 4.27. The molecule has 3 aromatic heterocycles. The average Bonchev–Trinajstić information content (AvgIpc) is 3.29. The monoisotopic (exact) mass is 395 g/mol. The number of methoxy groups -OCH3 is 1. The van der Waals surface area contributed by atoms with Crippen LogP contribution in [0.3, 0.4) is 0 Å². The van der Waals surface area contributed by atoms with Gasteiger partial charge in [-0.3, -0.25) is 4.79 Å². The minimum absolute atomic E-state index is 0.141. The van der Waals surface area contributed by atoms with E-state index in [1.165, 1.54) is 26.3 Å². The summed E-state index contributed by atoms with van der Waals surface area (Å²) < 4.78 is 30.2. The number of hydrogen-bond acceptors (Lipinski definition) is 6. The summed E-state index contributed by atoms with van der Waals surface area (Å²) in [5, 5.41) is 7.19. The number of pyridine rings is 1. The Hall–Kier alpha value is -3.68. The highest BCUT2D eigenvalue weighted by atomic mass is 19.1. The van der Waals surface area contributed by atoms with Crippen LogP contribution < -0.4 is 10.1 Å². The summed E-state index contributed by atoms with van der Waals surface area (Å²) in [7, 11) is 2.97. The fraction of sp³-hybridized carbons (Fsp3) is 0.190. The number of carbonyl (C=O) groups excluding carboxylic acids is 1. The second-order valence-electron chi connectivity index (χ2n) is 6.51. The van der Waals surface area contributed by atoms with E-state index in [4.69, 9.17) is 18.7 Å². The van der Waals surface area contributed by atoms with Gasteiger partial charge < -0.3 is 19.0 Å². The molecule has 0 atom stereocenters. The first-order valence-electron chi connectivity index (χ1n) is 8.86. The number of rotatable bonds is 4. The Morgan fingerprint density at radius 3 is 2.66 bits per heavy atom. The maximum absolute atomic E-state index is 13.7. The molecule has 29 heavy (non-hydrogen) atoms. The van der Waals surface area contributed by atoms with Crippen molar-refractivity contribution in [3.63, 3.8) is 0 Å². The van der Waals surface area contributed by atoms with Crippen LogP contribution in [-0.4, -0.2) is 30.2 Å². The molecule has 0 aliphatic carbocycles. The van der Waals surface area contributed by atoms with Crippen molar-refractivity contribution in [2.24, 2.45) is 0 Å². The van der Waals surface area contributed by atoms with E-state index in [0.717, 1.165) is 5.56 Å². The molecular weight excluding hydrogens is 377 g/mol. The SMILES string of the molecule is CNC(=O)c1cc2cc(-c3c(C)noc3C)nc(-c3ccc(F)cc3OC)c2o1. The van der Waals surface area contributed by atoms with Crippen LogP contribution in [0.2, 0.25) is 0 Å². The van der Waals surface area contributed by atoms with Gasteiger partial charge in [0.15, 0.2) is 11.3 Å². The van der Waals surface area contributed by atoms with Crippen LogP contribution in [0.1, 0.15) is 22.0 Å². The van der Waals surface area contributed by atoms with E-state index in [2.05, 4.69) is 10.5 Å². The largest absolute Gasteiger partial charge is 0.496 e. The van der Waals surface area contributed by atoms with Gasteiger partial charge in [-0.15, -0.1) is 0 Å². The van der Waals surface area contributed by atoms with Gasteiger partial charge in [-0.2, -0.15) is 0 Å². The number of aromatic nitrogens is 2. The number of fused-ring (bicyclic) bond motifs is 1. The number of hydrogen-bond donors (Lipinski definition) is 1. The summed E-state index contributed by atoms with van der Waals surface area (Å²) in [6.45, 7) is 3.62. The van der Waals surface area contributed by atoms with E-state index in [0.29, 0.717) is 45.1 Å². The molecule has 3 heterocycles. The molecule has 0 aliphatic heterocycles. The summed E-state index contributed by atoms with van der Waals surface area (Å²) >= 11 is 0. The van der Waals surface area contributed by atoms with Crippen molar-refractivity contribution in [1.29, 1.82) is 0 Å². The van der Waals surface area contributed by atoms with Crippen LogP contribution in [0, 0.1) is 19.7 Å². The van der Waals surface area contributed by atoms with E-state index in [9.17, 15) is 9.18 Å². The minimum Gasteiger partial charge on any atom is -0.496 e. The Bertz CT molecular complexity index is 1220. The number of nitrogens with zero attached hydrogens (tertiary/aromatic N) is 2. The zero-order chi connectivity index (χ0) is 20.7. The Morgan fingerprint density at radius 1 is 1.21 bits per heavy atom. The minimum atomic E-state index is -0.436. The number of benzene rings is 1. The van der Waals surface area contributed by atoms with Crippen LogP contribution in [0.15, 0.2) is 39.3 Å². The first-order chi connectivity index (χ1) is 13.9. The fourth-order valence-electron chi connectivity index (χ4n) is 3.30. The first kappa shape index (κ1) is 18.7. The van der Waals surface area contributed by atoms with E-state index in [-0.39, 0.29) is 11.7 Å². The van der Waals surface area contributed by atoms with Gasteiger partial charge in [0, 0.05) is 24.1 Å². The van der Waals surface area contributed by atoms with Crippen molar-refractivity contribution in [3.8, 4) is 28.3 Å². The molecule has 0 radical (unpaired) electrons. The first-order valence-corrected chi connectivity index (χ1v) is 8.86. The third kappa shape index (κ3) is 3.12. The van der Waals surface area contributed by atoms with Gasteiger partial charge in [0.1, 0.15) is 23.0 Å². The molecular formula is C21H18FN3O4. The lowest BCUT2D eigenvalue weighted by Crippen LogP contribution is -2.16. The van der Waals surface area contributed by atoms with E-state index in [1.807, 2.05) is 6.92 Å². The number of amides is 1. The summed E-state index contributed by atoms with van der Waals surface area (Å²) in [5.41, 5.74) is 3.37. The third-order valence-corrected chi connectivity index (χ3v) is 4.66. The van der Waals surface area contributed by atoms with Crippen LogP contribution in [0.25, 0.3) is 33.5 Å². The summed E-state index contributed by atoms with van der Waals surface area (Å²) in [6, 6.07) is 7.59. The highest BCUT2D eigenvalue weighted by molar-refractivity contribution is 6.01. The Morgan fingerprint density at radius 2 is 2.00 bits per heavy atom. The second kappa shape index (κ2) is 7.05. The molecule has 0 saturated heterocycles. The molecule has 0 aliphatic rings. The zero-order valence-corrected chi connectivity index (χ0v) is 16.3. The molecule has 148 valence electrons. The lowest BCUT2D eigenvalue weighted by Gasteiger charge is -2.10. The maximum atomic E-state index is 13.7. The molecule has 0 bridgehead atoms. The van der Waals surface area contributed by atoms with Crippen LogP contribution in [0.4, 0.5) is 4.39 Å². The summed E-state index contributed by atoms with van der Waals surface area (Å²) in [6.07, 6.45) is 0. The lowest BCUT2D eigenvalue weighted by molar-refractivity contribution is 0.0938. The van der Waals surface area contributed by atoms with E-state index < -0.39 is 5.82 Å². The Labute approximate surface area is 165 Å². The zero-order valence-electron chi connectivity index (χ0n) is 16.3. The van der Waals surface area contributed by atoms with Crippen LogP contribution in [-0.2, 0) is 0 Å². The van der Waals surface area contributed by atoms with Crippen molar-refractivity contribution in [1.82, 2.24) is 15.5 Å². The number of halogens is 1. The standard InChI is InChI=1S/C21H18FN3O4/c1-10-18(11(2)29-25-10)15-7-12-8-17(21(26)23-3)28-20(12)19(24-15)14-6-5-13(22)9-16(14)27-4/h5-9H,1-4H3,(H,23,26). The van der Waals surface area contributed by atoms with Crippen molar-refractivity contribution in [2.75, 3.05) is 14.2 Å². The molecule has 4 rings (SSSR count). The highest BCUT2D eigenvalue weighted by Gasteiger charge is 2.22. The van der Waals surface area contributed by atoms with Gasteiger partial charge >= 0.3 is 0 Å². The second-order valence-corrected chi connectivity index (χ2v) is 6.51. The van der Waals surface area contributed by atoms with E-state index >= 15 is 0 Å². The van der Waals surface area contributed by atoms with Gasteiger partial charge in [0.05, 0.1) is 24.1 Å². The lowest BCUT2D eigenvalue weighted by atomic mass is 10.0. The maximum Gasteiger partial charge on any atom is 0.286 e. The van der Waals surface area contributed by atoms with Gasteiger partial charge in [0.2, 0.25) is 0 Å². The number of furan rings is 1. The van der Waals surface area contributed by atoms with E-state index in [1.54, 1.807) is 25.1 Å². The van der Waals surface area contributed by atoms with Gasteiger partial charge in [-0.25, -0.2) is 9.37 Å². The van der Waals surface area contributed by atoms with Gasteiger partial charge in [0.25, 0.3) is 5.91 Å². The number of aryl methyl sites for hydroxylation is 2. The van der Waals surface area contributed by atoms with Crippen molar-refractivity contribution in [2.45, 2.75) is 13.8 Å². The molecule has 0 saturated carbocycles. The smallest absolute Gasteiger partial charge is 0.286 e. The van der Waals surface area contributed by atoms with Crippen molar-refractivity contribution in [3.05, 3.63) is 53.4 Å². The van der Waals surface area contributed by atoms with Gasteiger partial charge in [-0.05, 0) is 38.1 Å². The van der Waals surface area contributed by atoms with Crippen molar-refractivity contribution < 1.29 is 22.9 Å². The topological polar surface area (TPSA) is 90.4 Å². The Kier molecular flexibility index (Phi) is 4.54. The normalized spacial score (nSPS) is 11.1. The summed E-state index contributed by atoms with van der Waals surface area (Å²) in [5.74, 6) is 0.253. The van der Waals surface area contributed by atoms with Gasteiger partial charge in [-0.1, -0.05) is 5.16 Å². The Balaban J connectivity index is 2.06. The van der Waals surface area contributed by atoms with Crippen LogP contribution >= 0.6 is 0 Å². The summed E-state index contributed by atoms with van der Waals surface area (Å²) in [4.78, 5) is 16.8. The molecule has 7 nitrogen and oxygen atoms in total. The highest BCUT2D eigenvalue weighted by Crippen LogP contribution is 2.38.